The fraction of sp³-hybridized carbons (Fsp3) is 0.200. The number of carbonyl (C=O) groups is 1. The zero-order valence-corrected chi connectivity index (χ0v) is 6.91. The average molecular weight is 206 g/mol. The average Bonchev–Trinajstić information content (AvgIpc) is 2.17. The molecule has 1 heterocycles. The van der Waals surface area contributed by atoms with Crippen LogP contribution in [-0.2, 0) is 11.2 Å². The molecular formula is C5H4BrNOS. The third-order valence-corrected chi connectivity index (χ3v) is 2.31. The van der Waals surface area contributed by atoms with Gasteiger partial charge in [0.05, 0.1) is 0 Å². The summed E-state index contributed by atoms with van der Waals surface area (Å²) in [6, 6.07) is 0. The van der Waals surface area contributed by atoms with Crippen LogP contribution in [0.25, 0.3) is 0 Å². The van der Waals surface area contributed by atoms with Gasteiger partial charge in [0.15, 0.2) is 3.92 Å². The fourth-order valence-corrected chi connectivity index (χ4v) is 1.76. The molecular weight excluding hydrogens is 202 g/mol. The second-order valence-corrected chi connectivity index (χ2v) is 3.84. The topological polar surface area (TPSA) is 30.0 Å². The number of thiazole rings is 1. The van der Waals surface area contributed by atoms with Crippen LogP contribution in [-0.4, -0.2) is 11.3 Å². The Bertz CT molecular complexity index is 210. The van der Waals surface area contributed by atoms with Crippen molar-refractivity contribution >= 4 is 33.6 Å². The van der Waals surface area contributed by atoms with Gasteiger partial charge in [-0.05, 0) is 15.9 Å². The summed E-state index contributed by atoms with van der Waals surface area (Å²) in [5, 5.41) is 0. The highest BCUT2D eigenvalue weighted by molar-refractivity contribution is 9.11. The standard InChI is InChI=1S/C5H4BrNOS/c6-5-7-3-4(9-5)1-2-8/h2-3H,1H2. The Balaban J connectivity index is 2.72. The lowest BCUT2D eigenvalue weighted by atomic mass is 10.4. The van der Waals surface area contributed by atoms with E-state index in [9.17, 15) is 4.79 Å². The van der Waals surface area contributed by atoms with E-state index in [-0.39, 0.29) is 0 Å². The summed E-state index contributed by atoms with van der Waals surface area (Å²) in [5.74, 6) is 0. The summed E-state index contributed by atoms with van der Waals surface area (Å²) in [6.07, 6.45) is 3.05. The maximum absolute atomic E-state index is 9.95. The molecule has 0 saturated heterocycles. The summed E-state index contributed by atoms with van der Waals surface area (Å²) >= 11 is 4.68. The second kappa shape index (κ2) is 3.08. The normalized spacial score (nSPS) is 9.44. The Labute approximate surface area is 65.1 Å². The molecule has 1 aromatic heterocycles. The van der Waals surface area contributed by atoms with Crippen molar-refractivity contribution < 1.29 is 4.79 Å². The minimum atomic E-state index is 0.475. The molecule has 48 valence electrons. The summed E-state index contributed by atoms with van der Waals surface area (Å²) in [7, 11) is 0. The predicted molar refractivity (Wildman–Crippen MR) is 39.6 cm³/mol. The first-order chi connectivity index (χ1) is 4.33. The molecule has 0 unspecified atom stereocenters. The van der Waals surface area contributed by atoms with E-state index in [2.05, 4.69) is 20.9 Å². The van der Waals surface area contributed by atoms with Crippen molar-refractivity contribution in [1.29, 1.82) is 0 Å². The Morgan fingerprint density at radius 1 is 1.89 bits per heavy atom. The molecule has 4 heteroatoms. The van der Waals surface area contributed by atoms with Gasteiger partial charge < -0.3 is 4.79 Å². The first-order valence-corrected chi connectivity index (χ1v) is 3.97. The van der Waals surface area contributed by atoms with Crippen LogP contribution in [0.5, 0.6) is 0 Å². The minimum absolute atomic E-state index is 0.475. The molecule has 0 N–H and O–H groups in total. The minimum Gasteiger partial charge on any atom is -0.303 e. The molecule has 0 fully saturated rings. The molecule has 0 bridgehead atoms. The zero-order valence-electron chi connectivity index (χ0n) is 4.50. The molecule has 1 aromatic rings. The summed E-state index contributed by atoms with van der Waals surface area (Å²) in [5.41, 5.74) is 0. The van der Waals surface area contributed by atoms with E-state index in [0.717, 1.165) is 15.1 Å². The van der Waals surface area contributed by atoms with Crippen LogP contribution in [0.2, 0.25) is 0 Å². The molecule has 1 rings (SSSR count). The van der Waals surface area contributed by atoms with Gasteiger partial charge in [0, 0.05) is 17.5 Å². The smallest absolute Gasteiger partial charge is 0.159 e. The van der Waals surface area contributed by atoms with Crippen molar-refractivity contribution in [2.24, 2.45) is 0 Å². The first-order valence-electron chi connectivity index (χ1n) is 2.37. The van der Waals surface area contributed by atoms with Crippen molar-refractivity contribution in [1.82, 2.24) is 4.98 Å². The van der Waals surface area contributed by atoms with Gasteiger partial charge in [-0.2, -0.15) is 0 Å². The fourth-order valence-electron chi connectivity index (χ4n) is 0.460. The van der Waals surface area contributed by atoms with E-state index in [1.807, 2.05) is 0 Å². The van der Waals surface area contributed by atoms with Gasteiger partial charge >= 0.3 is 0 Å². The van der Waals surface area contributed by atoms with E-state index in [1.165, 1.54) is 11.3 Å². The Morgan fingerprint density at radius 3 is 3.11 bits per heavy atom. The van der Waals surface area contributed by atoms with Crippen LogP contribution in [0.1, 0.15) is 4.88 Å². The monoisotopic (exact) mass is 205 g/mol. The molecule has 0 saturated carbocycles. The lowest BCUT2D eigenvalue weighted by Crippen LogP contribution is -1.76. The Hall–Kier alpha value is -0.220. The number of nitrogens with zero attached hydrogens (tertiary/aromatic N) is 1. The molecule has 0 atom stereocenters. The third-order valence-electron chi connectivity index (χ3n) is 0.810. The Morgan fingerprint density at radius 2 is 2.67 bits per heavy atom. The predicted octanol–water partition coefficient (Wildman–Crippen LogP) is 1.65. The summed E-state index contributed by atoms with van der Waals surface area (Å²) in [6.45, 7) is 0. The van der Waals surface area contributed by atoms with Crippen molar-refractivity contribution in [3.05, 3.63) is 15.0 Å². The maximum Gasteiger partial charge on any atom is 0.159 e. The van der Waals surface area contributed by atoms with Crippen molar-refractivity contribution in [3.63, 3.8) is 0 Å². The Kier molecular flexibility index (Phi) is 2.36. The van der Waals surface area contributed by atoms with Crippen LogP contribution in [0.15, 0.2) is 10.1 Å². The van der Waals surface area contributed by atoms with Crippen molar-refractivity contribution in [3.8, 4) is 0 Å². The van der Waals surface area contributed by atoms with E-state index < -0.39 is 0 Å². The van der Waals surface area contributed by atoms with Crippen LogP contribution < -0.4 is 0 Å². The van der Waals surface area contributed by atoms with Gasteiger partial charge in [0.1, 0.15) is 6.29 Å². The number of aromatic nitrogens is 1. The molecule has 0 aliphatic heterocycles. The highest BCUT2D eigenvalue weighted by atomic mass is 79.9. The van der Waals surface area contributed by atoms with Crippen molar-refractivity contribution in [2.75, 3.05) is 0 Å². The van der Waals surface area contributed by atoms with Crippen LogP contribution in [0.4, 0.5) is 0 Å². The quantitative estimate of drug-likeness (QED) is 0.688. The number of hydrogen-bond donors (Lipinski definition) is 0. The molecule has 2 nitrogen and oxygen atoms in total. The number of carbonyl (C=O) groups excluding carboxylic acids is 1. The van der Waals surface area contributed by atoms with E-state index in [1.54, 1.807) is 6.20 Å². The SMILES string of the molecule is O=CCc1cnc(Br)s1. The van der Waals surface area contributed by atoms with Crippen LogP contribution >= 0.6 is 27.3 Å². The largest absolute Gasteiger partial charge is 0.303 e. The number of hydrogen-bond acceptors (Lipinski definition) is 3. The van der Waals surface area contributed by atoms with Gasteiger partial charge in [-0.3, -0.25) is 0 Å². The van der Waals surface area contributed by atoms with Gasteiger partial charge in [0.2, 0.25) is 0 Å². The molecule has 0 aromatic carbocycles. The van der Waals surface area contributed by atoms with Gasteiger partial charge in [-0.25, -0.2) is 4.98 Å². The summed E-state index contributed by atoms with van der Waals surface area (Å²) in [4.78, 5) is 14.9. The maximum atomic E-state index is 9.95. The highest BCUT2D eigenvalue weighted by Gasteiger charge is 1.95. The number of aldehydes is 1. The highest BCUT2D eigenvalue weighted by Crippen LogP contribution is 2.17. The van der Waals surface area contributed by atoms with E-state index in [0.29, 0.717) is 6.42 Å². The van der Waals surface area contributed by atoms with E-state index in [4.69, 9.17) is 0 Å². The molecule has 0 spiro atoms. The third kappa shape index (κ3) is 1.87. The summed E-state index contributed by atoms with van der Waals surface area (Å²) < 4.78 is 0.833. The lowest BCUT2D eigenvalue weighted by Gasteiger charge is -1.77. The lowest BCUT2D eigenvalue weighted by molar-refractivity contribution is -0.107. The number of rotatable bonds is 2. The van der Waals surface area contributed by atoms with Crippen molar-refractivity contribution in [2.45, 2.75) is 6.42 Å². The van der Waals surface area contributed by atoms with E-state index >= 15 is 0 Å². The van der Waals surface area contributed by atoms with Gasteiger partial charge in [-0.1, -0.05) is 0 Å². The second-order valence-electron chi connectivity index (χ2n) is 1.45. The molecule has 0 amide bonds. The molecule has 0 aliphatic rings. The van der Waals surface area contributed by atoms with Crippen LogP contribution in [0.3, 0.4) is 0 Å². The van der Waals surface area contributed by atoms with Crippen LogP contribution in [0, 0.1) is 0 Å². The first kappa shape index (κ1) is 6.89. The number of halogens is 1. The molecule has 0 radical (unpaired) electrons. The zero-order chi connectivity index (χ0) is 6.69. The van der Waals surface area contributed by atoms with Gasteiger partial charge in [-0.15, -0.1) is 11.3 Å². The van der Waals surface area contributed by atoms with Gasteiger partial charge in [0.25, 0.3) is 0 Å². The molecule has 9 heavy (non-hydrogen) atoms. The molecule has 0 aliphatic carbocycles.